The Bertz CT molecular complexity index is 579. The number of halogens is 4. The second-order valence-corrected chi connectivity index (χ2v) is 5.21. The van der Waals surface area contributed by atoms with E-state index in [1.807, 2.05) is 0 Å². The summed E-state index contributed by atoms with van der Waals surface area (Å²) >= 11 is 0. The standard InChI is InChI=1S/C14H13F4NO3/c15-10(8-2-4-9(5-3-8)14(16,17)18)11(20)19-13(12(21)22)6-1-7-13/h2-5,10H,1,6-7H2,(H,19,20)(H,21,22). The molecule has 22 heavy (non-hydrogen) atoms. The average Bonchev–Trinajstić information content (AvgIpc) is 2.40. The third-order valence-corrected chi connectivity index (χ3v) is 3.74. The number of rotatable bonds is 4. The van der Waals surface area contributed by atoms with E-state index in [-0.39, 0.29) is 18.4 Å². The summed E-state index contributed by atoms with van der Waals surface area (Å²) in [5.41, 5.74) is -2.68. The van der Waals surface area contributed by atoms with Crippen LogP contribution in [-0.2, 0) is 15.8 Å². The van der Waals surface area contributed by atoms with Gasteiger partial charge < -0.3 is 10.4 Å². The summed E-state index contributed by atoms with van der Waals surface area (Å²) in [6, 6.07) is 3.07. The predicted octanol–water partition coefficient (Wildman–Crippen LogP) is 2.84. The summed E-state index contributed by atoms with van der Waals surface area (Å²) < 4.78 is 51.2. The number of carboxylic acids is 1. The van der Waals surface area contributed by atoms with Gasteiger partial charge in [0.15, 0.2) is 0 Å². The highest BCUT2D eigenvalue weighted by Gasteiger charge is 2.46. The maximum atomic E-state index is 14.0. The summed E-state index contributed by atoms with van der Waals surface area (Å²) in [6.45, 7) is 0. The zero-order valence-corrected chi connectivity index (χ0v) is 11.3. The lowest BCUT2D eigenvalue weighted by Gasteiger charge is -2.38. The SMILES string of the molecule is O=C(NC1(C(=O)O)CCC1)C(F)c1ccc(C(F)(F)F)cc1. The molecule has 1 aliphatic rings. The number of hydrogen-bond donors (Lipinski definition) is 2. The van der Waals surface area contributed by atoms with Crippen LogP contribution >= 0.6 is 0 Å². The van der Waals surface area contributed by atoms with Crippen LogP contribution in [0.3, 0.4) is 0 Å². The molecular formula is C14H13F4NO3. The van der Waals surface area contributed by atoms with Crippen molar-refractivity contribution in [3.63, 3.8) is 0 Å². The first-order valence-electron chi connectivity index (χ1n) is 6.52. The fourth-order valence-corrected chi connectivity index (χ4v) is 2.21. The molecule has 0 bridgehead atoms. The van der Waals surface area contributed by atoms with Gasteiger partial charge in [-0.05, 0) is 37.0 Å². The third-order valence-electron chi connectivity index (χ3n) is 3.74. The van der Waals surface area contributed by atoms with Crippen molar-refractivity contribution in [2.45, 2.75) is 37.1 Å². The molecule has 1 unspecified atom stereocenters. The molecule has 1 aromatic rings. The van der Waals surface area contributed by atoms with E-state index in [2.05, 4.69) is 5.32 Å². The van der Waals surface area contributed by atoms with Crippen molar-refractivity contribution >= 4 is 11.9 Å². The summed E-state index contributed by atoms with van der Waals surface area (Å²) in [4.78, 5) is 22.9. The van der Waals surface area contributed by atoms with Crippen LogP contribution in [0.5, 0.6) is 0 Å². The van der Waals surface area contributed by atoms with Gasteiger partial charge in [-0.2, -0.15) is 13.2 Å². The summed E-state index contributed by atoms with van der Waals surface area (Å²) in [7, 11) is 0. The molecule has 0 aromatic heterocycles. The van der Waals surface area contributed by atoms with Crippen molar-refractivity contribution in [3.05, 3.63) is 35.4 Å². The zero-order valence-electron chi connectivity index (χ0n) is 11.3. The summed E-state index contributed by atoms with van der Waals surface area (Å²) in [5.74, 6) is -2.41. The molecule has 1 saturated carbocycles. The van der Waals surface area contributed by atoms with Crippen LogP contribution in [0.15, 0.2) is 24.3 Å². The van der Waals surface area contributed by atoms with Crippen molar-refractivity contribution in [2.75, 3.05) is 0 Å². The first kappa shape index (κ1) is 16.3. The van der Waals surface area contributed by atoms with Crippen molar-refractivity contribution in [3.8, 4) is 0 Å². The lowest BCUT2D eigenvalue weighted by molar-refractivity contribution is -0.152. The molecule has 0 aliphatic heterocycles. The topological polar surface area (TPSA) is 66.4 Å². The number of alkyl halides is 4. The highest BCUT2D eigenvalue weighted by molar-refractivity contribution is 5.90. The highest BCUT2D eigenvalue weighted by atomic mass is 19.4. The number of amides is 1. The molecule has 4 nitrogen and oxygen atoms in total. The Morgan fingerprint density at radius 1 is 1.18 bits per heavy atom. The van der Waals surface area contributed by atoms with Crippen LogP contribution in [-0.4, -0.2) is 22.5 Å². The Kier molecular flexibility index (Phi) is 4.12. The molecule has 1 fully saturated rings. The molecule has 0 radical (unpaired) electrons. The molecule has 1 aliphatic carbocycles. The van der Waals surface area contributed by atoms with Gasteiger partial charge in [0.2, 0.25) is 6.17 Å². The first-order chi connectivity index (χ1) is 10.2. The number of benzene rings is 1. The largest absolute Gasteiger partial charge is 0.480 e. The van der Waals surface area contributed by atoms with Gasteiger partial charge >= 0.3 is 12.1 Å². The van der Waals surface area contributed by atoms with Crippen LogP contribution in [0.2, 0.25) is 0 Å². The van der Waals surface area contributed by atoms with Crippen molar-refractivity contribution in [1.82, 2.24) is 5.32 Å². The van der Waals surface area contributed by atoms with Crippen molar-refractivity contribution in [1.29, 1.82) is 0 Å². The van der Waals surface area contributed by atoms with E-state index in [0.717, 1.165) is 12.1 Å². The molecule has 1 atom stereocenters. The lowest BCUT2D eigenvalue weighted by Crippen LogP contribution is -2.59. The number of carbonyl (C=O) groups is 2. The average molecular weight is 319 g/mol. The molecule has 2 rings (SSSR count). The van der Waals surface area contributed by atoms with Gasteiger partial charge in [-0.1, -0.05) is 12.1 Å². The Balaban J connectivity index is 2.09. The first-order valence-corrected chi connectivity index (χ1v) is 6.52. The number of nitrogens with one attached hydrogen (secondary N) is 1. The second-order valence-electron chi connectivity index (χ2n) is 5.21. The minimum absolute atomic E-state index is 0.202. The van der Waals surface area contributed by atoms with Crippen molar-refractivity contribution < 1.29 is 32.3 Å². The van der Waals surface area contributed by atoms with Gasteiger partial charge in [-0.15, -0.1) is 0 Å². The van der Waals surface area contributed by atoms with E-state index < -0.39 is 35.3 Å². The van der Waals surface area contributed by atoms with Crippen LogP contribution in [0.25, 0.3) is 0 Å². The molecule has 0 heterocycles. The fraction of sp³-hybridized carbons (Fsp3) is 0.429. The number of carboxylic acid groups (broad SMARTS) is 1. The number of hydrogen-bond acceptors (Lipinski definition) is 2. The quantitative estimate of drug-likeness (QED) is 0.839. The molecule has 0 saturated heterocycles. The highest BCUT2D eigenvalue weighted by Crippen LogP contribution is 2.34. The Hall–Kier alpha value is -2.12. The van der Waals surface area contributed by atoms with E-state index in [1.54, 1.807) is 0 Å². The smallest absolute Gasteiger partial charge is 0.416 e. The molecule has 120 valence electrons. The van der Waals surface area contributed by atoms with E-state index >= 15 is 0 Å². The summed E-state index contributed by atoms with van der Waals surface area (Å²) in [5, 5.41) is 11.2. The van der Waals surface area contributed by atoms with E-state index in [0.29, 0.717) is 18.6 Å². The van der Waals surface area contributed by atoms with Crippen LogP contribution in [0, 0.1) is 0 Å². The molecule has 8 heteroatoms. The lowest BCUT2D eigenvalue weighted by atomic mass is 9.76. The second kappa shape index (κ2) is 5.58. The van der Waals surface area contributed by atoms with Crippen LogP contribution < -0.4 is 5.32 Å². The molecule has 2 N–H and O–H groups in total. The van der Waals surface area contributed by atoms with Crippen LogP contribution in [0.4, 0.5) is 17.6 Å². The maximum absolute atomic E-state index is 14.0. The predicted molar refractivity (Wildman–Crippen MR) is 67.7 cm³/mol. The van der Waals surface area contributed by atoms with E-state index in [1.165, 1.54) is 0 Å². The third kappa shape index (κ3) is 3.05. The normalized spacial score (nSPS) is 18.2. The van der Waals surface area contributed by atoms with Gasteiger partial charge in [0.25, 0.3) is 5.91 Å². The monoisotopic (exact) mass is 319 g/mol. The summed E-state index contributed by atoms with van der Waals surface area (Å²) in [6.07, 6.45) is -5.77. The van der Waals surface area contributed by atoms with Gasteiger partial charge in [0, 0.05) is 0 Å². The Morgan fingerprint density at radius 2 is 1.73 bits per heavy atom. The minimum Gasteiger partial charge on any atom is -0.480 e. The van der Waals surface area contributed by atoms with E-state index in [4.69, 9.17) is 5.11 Å². The van der Waals surface area contributed by atoms with Gasteiger partial charge in [0.05, 0.1) is 5.56 Å². The Labute approximate surface area is 123 Å². The number of aliphatic carboxylic acids is 1. The maximum Gasteiger partial charge on any atom is 0.416 e. The van der Waals surface area contributed by atoms with Gasteiger partial charge in [-0.25, -0.2) is 9.18 Å². The van der Waals surface area contributed by atoms with E-state index in [9.17, 15) is 27.2 Å². The molecule has 1 aromatic carbocycles. The Morgan fingerprint density at radius 3 is 2.09 bits per heavy atom. The van der Waals surface area contributed by atoms with Gasteiger partial charge in [-0.3, -0.25) is 4.79 Å². The molecule has 0 spiro atoms. The number of carbonyl (C=O) groups excluding carboxylic acids is 1. The molecular weight excluding hydrogens is 306 g/mol. The fourth-order valence-electron chi connectivity index (χ4n) is 2.21. The minimum atomic E-state index is -4.55. The zero-order chi connectivity index (χ0) is 16.5. The molecule has 1 amide bonds. The van der Waals surface area contributed by atoms with Gasteiger partial charge in [0.1, 0.15) is 5.54 Å². The van der Waals surface area contributed by atoms with Crippen molar-refractivity contribution in [2.24, 2.45) is 0 Å². The van der Waals surface area contributed by atoms with Crippen LogP contribution in [0.1, 0.15) is 36.6 Å².